The summed E-state index contributed by atoms with van der Waals surface area (Å²) in [6.45, 7) is 1.44. The Morgan fingerprint density at radius 2 is 2.35 bits per heavy atom. The second-order valence-electron chi connectivity index (χ2n) is 5.51. The van der Waals surface area contributed by atoms with E-state index in [0.717, 1.165) is 13.0 Å². The third kappa shape index (κ3) is 3.14. The fraction of sp³-hybridized carbons (Fsp3) is 0.375. The zero-order chi connectivity index (χ0) is 16.4. The molecule has 2 heterocycles. The van der Waals surface area contributed by atoms with Gasteiger partial charge < -0.3 is 20.5 Å². The molecule has 122 valence electrons. The molecule has 1 atom stereocenters. The van der Waals surface area contributed by atoms with Gasteiger partial charge in [-0.3, -0.25) is 4.68 Å². The lowest BCUT2D eigenvalue weighted by Crippen LogP contribution is -2.33. The summed E-state index contributed by atoms with van der Waals surface area (Å²) < 4.78 is 11.9. The Kier molecular flexibility index (Phi) is 4.20. The second-order valence-corrected chi connectivity index (χ2v) is 5.51. The Labute approximate surface area is 134 Å². The van der Waals surface area contributed by atoms with Crippen molar-refractivity contribution in [2.45, 2.75) is 12.5 Å². The lowest BCUT2D eigenvalue weighted by atomic mass is 10.0. The first-order valence-electron chi connectivity index (χ1n) is 7.46. The summed E-state index contributed by atoms with van der Waals surface area (Å²) in [5.41, 5.74) is 9.35. The number of nitrogens with two attached hydrogens (primary N) is 1. The summed E-state index contributed by atoms with van der Waals surface area (Å²) in [6, 6.07) is 5.26. The first-order valence-corrected chi connectivity index (χ1v) is 7.46. The number of anilines is 2. The number of esters is 1. The fourth-order valence-corrected chi connectivity index (χ4v) is 2.48. The molecule has 1 aliphatic heterocycles. The maximum Gasteiger partial charge on any atom is 0.337 e. The van der Waals surface area contributed by atoms with Crippen LogP contribution in [-0.4, -0.2) is 42.1 Å². The van der Waals surface area contributed by atoms with Gasteiger partial charge in [0.25, 0.3) is 0 Å². The van der Waals surface area contributed by atoms with Gasteiger partial charge in [0.2, 0.25) is 0 Å². The molecule has 0 radical (unpaired) electrons. The van der Waals surface area contributed by atoms with Crippen molar-refractivity contribution < 1.29 is 14.3 Å². The lowest BCUT2D eigenvalue weighted by Gasteiger charge is -2.27. The maximum atomic E-state index is 11.9. The van der Waals surface area contributed by atoms with Crippen LogP contribution in [0.1, 0.15) is 16.8 Å². The van der Waals surface area contributed by atoms with Crippen molar-refractivity contribution in [3.63, 3.8) is 0 Å². The smallest absolute Gasteiger partial charge is 0.337 e. The molecular formula is C16H20N4O3. The third-order valence-corrected chi connectivity index (χ3v) is 3.90. The summed E-state index contributed by atoms with van der Waals surface area (Å²) in [4.78, 5) is 11.9. The third-order valence-electron chi connectivity index (χ3n) is 3.90. The molecule has 0 saturated carbocycles. The Bertz CT molecular complexity index is 722. The minimum Gasteiger partial charge on any atom is -0.465 e. The summed E-state index contributed by atoms with van der Waals surface area (Å²) >= 11 is 0. The zero-order valence-corrected chi connectivity index (χ0v) is 13.2. The molecule has 7 nitrogen and oxygen atoms in total. The van der Waals surface area contributed by atoms with Crippen LogP contribution in [0.3, 0.4) is 0 Å². The number of benzene rings is 1. The summed E-state index contributed by atoms with van der Waals surface area (Å²) in [6.07, 6.45) is 3.04. The van der Waals surface area contributed by atoms with Crippen molar-refractivity contribution in [2.24, 2.45) is 7.05 Å². The molecule has 1 aliphatic rings. The number of hydrogen-bond donors (Lipinski definition) is 2. The summed E-state index contributed by atoms with van der Waals surface area (Å²) in [7, 11) is 3.19. The van der Waals surface area contributed by atoms with Gasteiger partial charge in [0.15, 0.2) is 0 Å². The first-order chi connectivity index (χ1) is 11.1. The largest absolute Gasteiger partial charge is 0.465 e. The highest BCUT2D eigenvalue weighted by Crippen LogP contribution is 2.33. The van der Waals surface area contributed by atoms with E-state index in [2.05, 4.69) is 10.4 Å². The van der Waals surface area contributed by atoms with Gasteiger partial charge in [0.05, 0.1) is 35.8 Å². The molecule has 2 aromatic rings. The van der Waals surface area contributed by atoms with Crippen LogP contribution in [0.5, 0.6) is 0 Å². The lowest BCUT2D eigenvalue weighted by molar-refractivity contribution is -0.0410. The fourth-order valence-electron chi connectivity index (χ4n) is 2.48. The Morgan fingerprint density at radius 1 is 1.57 bits per heavy atom. The van der Waals surface area contributed by atoms with Gasteiger partial charge in [0.1, 0.15) is 0 Å². The Morgan fingerprint density at radius 3 is 2.91 bits per heavy atom. The minimum absolute atomic E-state index is 0.189. The van der Waals surface area contributed by atoms with Crippen molar-refractivity contribution >= 4 is 17.3 Å². The van der Waals surface area contributed by atoms with E-state index in [-0.39, 0.29) is 6.10 Å². The molecule has 1 aromatic carbocycles. The number of nitrogen functional groups attached to an aromatic ring is 1. The zero-order valence-electron chi connectivity index (χ0n) is 13.2. The summed E-state index contributed by atoms with van der Waals surface area (Å²) in [5, 5.41) is 7.62. The van der Waals surface area contributed by atoms with Crippen LogP contribution in [-0.2, 0) is 16.5 Å². The molecule has 3 rings (SSSR count). The predicted octanol–water partition coefficient (Wildman–Crippen LogP) is 1.66. The molecule has 0 aliphatic carbocycles. The molecule has 0 bridgehead atoms. The van der Waals surface area contributed by atoms with Gasteiger partial charge in [-0.05, 0) is 24.6 Å². The molecule has 3 N–H and O–H groups in total. The van der Waals surface area contributed by atoms with Crippen molar-refractivity contribution in [1.29, 1.82) is 0 Å². The predicted molar refractivity (Wildman–Crippen MR) is 87.2 cm³/mol. The molecule has 0 unspecified atom stereocenters. The van der Waals surface area contributed by atoms with Crippen LogP contribution in [0.15, 0.2) is 24.4 Å². The number of rotatable bonds is 5. The number of aromatic nitrogens is 2. The SMILES string of the molecule is COC(=O)c1cc(NC[C@@H]2CCO2)c(N)c(-c2ccn(C)n2)c1. The number of nitrogens with one attached hydrogen (secondary N) is 1. The van der Waals surface area contributed by atoms with Crippen molar-refractivity contribution in [3.05, 3.63) is 30.0 Å². The van der Waals surface area contributed by atoms with E-state index in [4.69, 9.17) is 15.2 Å². The highest BCUT2D eigenvalue weighted by atomic mass is 16.5. The molecule has 0 spiro atoms. The number of aryl methyl sites for hydroxylation is 1. The van der Waals surface area contributed by atoms with E-state index in [1.54, 1.807) is 16.8 Å². The van der Waals surface area contributed by atoms with Crippen LogP contribution in [0.4, 0.5) is 11.4 Å². The van der Waals surface area contributed by atoms with Crippen molar-refractivity contribution in [3.8, 4) is 11.3 Å². The van der Waals surface area contributed by atoms with E-state index < -0.39 is 5.97 Å². The minimum atomic E-state index is -0.412. The topological polar surface area (TPSA) is 91.4 Å². The van der Waals surface area contributed by atoms with Gasteiger partial charge >= 0.3 is 5.97 Å². The average Bonchev–Trinajstić information content (AvgIpc) is 2.92. The van der Waals surface area contributed by atoms with Gasteiger partial charge in [-0.15, -0.1) is 0 Å². The van der Waals surface area contributed by atoms with Crippen LogP contribution >= 0.6 is 0 Å². The number of ether oxygens (including phenoxy) is 2. The highest BCUT2D eigenvalue weighted by molar-refractivity contribution is 5.96. The molecular weight excluding hydrogens is 296 g/mol. The van der Waals surface area contributed by atoms with E-state index in [1.165, 1.54) is 7.11 Å². The number of nitrogens with zero attached hydrogens (tertiary/aromatic N) is 2. The molecule has 1 fully saturated rings. The summed E-state index contributed by atoms with van der Waals surface area (Å²) in [5.74, 6) is -0.412. The number of methoxy groups -OCH3 is 1. The Hall–Kier alpha value is -2.54. The van der Waals surface area contributed by atoms with Crippen LogP contribution in [0.2, 0.25) is 0 Å². The van der Waals surface area contributed by atoms with Gasteiger partial charge in [-0.1, -0.05) is 0 Å². The van der Waals surface area contributed by atoms with Gasteiger partial charge in [-0.25, -0.2) is 4.79 Å². The first kappa shape index (κ1) is 15.4. The van der Waals surface area contributed by atoms with Crippen LogP contribution < -0.4 is 11.1 Å². The molecule has 23 heavy (non-hydrogen) atoms. The average molecular weight is 316 g/mol. The molecule has 1 saturated heterocycles. The van der Waals surface area contributed by atoms with Gasteiger partial charge in [-0.2, -0.15) is 5.10 Å². The van der Waals surface area contributed by atoms with E-state index in [1.807, 2.05) is 19.3 Å². The monoisotopic (exact) mass is 316 g/mol. The number of carbonyl (C=O) groups excluding carboxylic acids is 1. The Balaban J connectivity index is 1.97. The van der Waals surface area contributed by atoms with Crippen molar-refractivity contribution in [2.75, 3.05) is 31.3 Å². The quantitative estimate of drug-likeness (QED) is 0.644. The molecule has 1 aromatic heterocycles. The second kappa shape index (κ2) is 6.29. The van der Waals surface area contributed by atoms with E-state index in [9.17, 15) is 4.79 Å². The van der Waals surface area contributed by atoms with E-state index in [0.29, 0.717) is 34.7 Å². The standard InChI is InChI=1S/C16H20N4O3/c1-20-5-3-13(19-20)12-7-10(16(21)22-2)8-14(15(12)17)18-9-11-4-6-23-11/h3,5,7-8,11,18H,4,6,9,17H2,1-2H3/t11-/m0/s1. The van der Waals surface area contributed by atoms with Crippen molar-refractivity contribution in [1.82, 2.24) is 9.78 Å². The highest BCUT2D eigenvalue weighted by Gasteiger charge is 2.20. The van der Waals surface area contributed by atoms with Crippen LogP contribution in [0.25, 0.3) is 11.3 Å². The van der Waals surface area contributed by atoms with Crippen LogP contribution in [0, 0.1) is 0 Å². The number of carbonyl (C=O) groups is 1. The molecule has 0 amide bonds. The maximum absolute atomic E-state index is 11.9. The normalized spacial score (nSPS) is 16.7. The van der Waals surface area contributed by atoms with Gasteiger partial charge in [0, 0.05) is 32.0 Å². The van der Waals surface area contributed by atoms with E-state index >= 15 is 0 Å². The number of hydrogen-bond acceptors (Lipinski definition) is 6. The molecule has 7 heteroatoms.